The summed E-state index contributed by atoms with van der Waals surface area (Å²) in [6.45, 7) is 0.698. The van der Waals surface area contributed by atoms with Crippen LogP contribution in [0.3, 0.4) is 0 Å². The van der Waals surface area contributed by atoms with E-state index in [1.807, 2.05) is 22.4 Å². The van der Waals surface area contributed by atoms with Crippen LogP contribution < -0.4 is 0 Å². The SMILES string of the molecule is Cn1c(Cl)cnc1Cn1ccnc1. The van der Waals surface area contributed by atoms with E-state index in [0.717, 1.165) is 5.82 Å². The lowest BCUT2D eigenvalue weighted by atomic mass is 10.6. The minimum Gasteiger partial charge on any atom is -0.330 e. The molecule has 0 atom stereocenters. The van der Waals surface area contributed by atoms with Crippen LogP contribution in [0.2, 0.25) is 5.15 Å². The Kier molecular flexibility index (Phi) is 2.06. The molecule has 0 aliphatic heterocycles. The molecule has 0 amide bonds. The molecule has 0 saturated carbocycles. The highest BCUT2D eigenvalue weighted by Gasteiger charge is 2.03. The summed E-state index contributed by atoms with van der Waals surface area (Å²) in [6, 6.07) is 0. The zero-order valence-electron chi connectivity index (χ0n) is 7.18. The number of hydrogen-bond acceptors (Lipinski definition) is 2. The fourth-order valence-corrected chi connectivity index (χ4v) is 1.26. The molecule has 0 saturated heterocycles. The molecule has 2 heterocycles. The van der Waals surface area contributed by atoms with Crippen molar-refractivity contribution in [1.29, 1.82) is 0 Å². The predicted octanol–water partition coefficient (Wildman–Crippen LogP) is 1.32. The zero-order valence-corrected chi connectivity index (χ0v) is 7.94. The van der Waals surface area contributed by atoms with E-state index in [-0.39, 0.29) is 0 Å². The van der Waals surface area contributed by atoms with Crippen LogP contribution in [0, 0.1) is 0 Å². The number of imidazole rings is 2. The van der Waals surface area contributed by atoms with Crippen LogP contribution in [0.15, 0.2) is 24.9 Å². The summed E-state index contributed by atoms with van der Waals surface area (Å²) in [5.41, 5.74) is 0. The van der Waals surface area contributed by atoms with Crippen LogP contribution in [0.5, 0.6) is 0 Å². The van der Waals surface area contributed by atoms with Gasteiger partial charge in [0.15, 0.2) is 0 Å². The molecule has 2 aromatic heterocycles. The first-order valence-electron chi connectivity index (χ1n) is 3.89. The van der Waals surface area contributed by atoms with E-state index in [9.17, 15) is 0 Å². The Bertz CT molecular complexity index is 390. The molecule has 2 aromatic rings. The Morgan fingerprint density at radius 3 is 2.92 bits per heavy atom. The van der Waals surface area contributed by atoms with Gasteiger partial charge < -0.3 is 9.13 Å². The topological polar surface area (TPSA) is 35.6 Å². The van der Waals surface area contributed by atoms with Crippen molar-refractivity contribution in [2.45, 2.75) is 6.54 Å². The second-order valence-corrected chi connectivity index (χ2v) is 3.18. The summed E-state index contributed by atoms with van der Waals surface area (Å²) in [7, 11) is 1.89. The third-order valence-electron chi connectivity index (χ3n) is 1.91. The summed E-state index contributed by atoms with van der Waals surface area (Å²) >= 11 is 5.85. The van der Waals surface area contributed by atoms with Crippen molar-refractivity contribution < 1.29 is 0 Å². The van der Waals surface area contributed by atoms with Gasteiger partial charge in [0.1, 0.15) is 11.0 Å². The second-order valence-electron chi connectivity index (χ2n) is 2.79. The first-order chi connectivity index (χ1) is 6.27. The molecule has 4 nitrogen and oxygen atoms in total. The van der Waals surface area contributed by atoms with Crippen LogP contribution >= 0.6 is 11.6 Å². The minimum absolute atomic E-state index is 0.648. The lowest BCUT2D eigenvalue weighted by Gasteiger charge is -2.02. The fourth-order valence-electron chi connectivity index (χ4n) is 1.11. The van der Waals surface area contributed by atoms with Gasteiger partial charge in [-0.2, -0.15) is 0 Å². The summed E-state index contributed by atoms with van der Waals surface area (Å²) in [5, 5.41) is 0.648. The van der Waals surface area contributed by atoms with Gasteiger partial charge in [-0.3, -0.25) is 0 Å². The van der Waals surface area contributed by atoms with Gasteiger partial charge in [-0.15, -0.1) is 0 Å². The van der Waals surface area contributed by atoms with Crippen molar-refractivity contribution in [2.75, 3.05) is 0 Å². The number of halogens is 1. The Balaban J connectivity index is 2.24. The number of nitrogens with zero attached hydrogens (tertiary/aromatic N) is 4. The van der Waals surface area contributed by atoms with Gasteiger partial charge in [-0.1, -0.05) is 11.6 Å². The lowest BCUT2D eigenvalue weighted by Crippen LogP contribution is -2.04. The Labute approximate surface area is 80.8 Å². The van der Waals surface area contributed by atoms with E-state index in [4.69, 9.17) is 11.6 Å². The van der Waals surface area contributed by atoms with Gasteiger partial charge in [0.25, 0.3) is 0 Å². The number of aromatic nitrogens is 4. The quantitative estimate of drug-likeness (QED) is 0.726. The van der Waals surface area contributed by atoms with Crippen LogP contribution in [-0.2, 0) is 13.6 Å². The molecule has 0 radical (unpaired) electrons. The van der Waals surface area contributed by atoms with Crippen molar-refractivity contribution >= 4 is 11.6 Å². The van der Waals surface area contributed by atoms with Crippen molar-refractivity contribution in [3.8, 4) is 0 Å². The lowest BCUT2D eigenvalue weighted by molar-refractivity contribution is 0.699. The zero-order chi connectivity index (χ0) is 9.26. The molecular weight excluding hydrogens is 188 g/mol. The van der Waals surface area contributed by atoms with Crippen molar-refractivity contribution in [2.24, 2.45) is 7.05 Å². The molecule has 0 aliphatic carbocycles. The molecule has 5 heteroatoms. The van der Waals surface area contributed by atoms with Gasteiger partial charge in [-0.05, 0) is 0 Å². The van der Waals surface area contributed by atoms with Gasteiger partial charge in [0, 0.05) is 19.4 Å². The fraction of sp³-hybridized carbons (Fsp3) is 0.250. The number of rotatable bonds is 2. The summed E-state index contributed by atoms with van der Waals surface area (Å²) < 4.78 is 3.79. The first kappa shape index (κ1) is 8.31. The van der Waals surface area contributed by atoms with Crippen molar-refractivity contribution in [1.82, 2.24) is 19.1 Å². The van der Waals surface area contributed by atoms with Crippen molar-refractivity contribution in [3.05, 3.63) is 35.9 Å². The van der Waals surface area contributed by atoms with Crippen LogP contribution in [0.25, 0.3) is 0 Å². The summed E-state index contributed by atoms with van der Waals surface area (Å²) in [6.07, 6.45) is 7.03. The third kappa shape index (κ3) is 1.58. The van der Waals surface area contributed by atoms with Crippen LogP contribution in [0.4, 0.5) is 0 Å². The maximum absolute atomic E-state index is 5.85. The molecule has 0 bridgehead atoms. The normalized spacial score (nSPS) is 10.6. The van der Waals surface area contributed by atoms with Gasteiger partial charge in [-0.25, -0.2) is 9.97 Å². The summed E-state index contributed by atoms with van der Waals surface area (Å²) in [5.74, 6) is 0.919. The van der Waals surface area contributed by atoms with E-state index in [1.54, 1.807) is 18.7 Å². The van der Waals surface area contributed by atoms with E-state index < -0.39 is 0 Å². The highest BCUT2D eigenvalue weighted by atomic mass is 35.5. The van der Waals surface area contributed by atoms with E-state index >= 15 is 0 Å². The smallest absolute Gasteiger partial charge is 0.129 e. The van der Waals surface area contributed by atoms with Crippen LogP contribution in [0.1, 0.15) is 5.82 Å². The Morgan fingerprint density at radius 2 is 2.38 bits per heavy atom. The van der Waals surface area contributed by atoms with Gasteiger partial charge >= 0.3 is 0 Å². The molecule has 0 aliphatic rings. The second kappa shape index (κ2) is 3.22. The highest BCUT2D eigenvalue weighted by molar-refractivity contribution is 6.29. The predicted molar refractivity (Wildman–Crippen MR) is 49.5 cm³/mol. The average Bonchev–Trinajstić information content (AvgIpc) is 2.71. The molecule has 68 valence electrons. The standard InChI is InChI=1S/C8H9ClN4/c1-12-7(9)4-11-8(12)5-13-3-2-10-6-13/h2-4,6H,5H2,1H3. The third-order valence-corrected chi connectivity index (χ3v) is 2.26. The van der Waals surface area contributed by atoms with E-state index in [1.165, 1.54) is 0 Å². The van der Waals surface area contributed by atoms with Crippen LogP contribution in [-0.4, -0.2) is 19.1 Å². The molecule has 0 fully saturated rings. The molecule has 0 aromatic carbocycles. The molecule has 2 rings (SSSR count). The Morgan fingerprint density at radius 1 is 1.54 bits per heavy atom. The largest absolute Gasteiger partial charge is 0.330 e. The molecular formula is C8H9ClN4. The Hall–Kier alpha value is -1.29. The van der Waals surface area contributed by atoms with E-state index in [2.05, 4.69) is 9.97 Å². The van der Waals surface area contributed by atoms with Crippen molar-refractivity contribution in [3.63, 3.8) is 0 Å². The first-order valence-corrected chi connectivity index (χ1v) is 4.27. The minimum atomic E-state index is 0.648. The van der Waals surface area contributed by atoms with Gasteiger partial charge in [0.2, 0.25) is 0 Å². The maximum Gasteiger partial charge on any atom is 0.129 e. The van der Waals surface area contributed by atoms with E-state index in [0.29, 0.717) is 11.7 Å². The molecule has 13 heavy (non-hydrogen) atoms. The molecule has 0 spiro atoms. The average molecular weight is 197 g/mol. The molecule has 0 unspecified atom stereocenters. The number of hydrogen-bond donors (Lipinski definition) is 0. The maximum atomic E-state index is 5.85. The highest BCUT2D eigenvalue weighted by Crippen LogP contribution is 2.09. The monoisotopic (exact) mass is 196 g/mol. The van der Waals surface area contributed by atoms with Gasteiger partial charge in [0.05, 0.1) is 19.1 Å². The molecule has 0 N–H and O–H groups in total. The summed E-state index contributed by atoms with van der Waals surface area (Å²) in [4.78, 5) is 8.12.